The maximum Gasteiger partial charge on any atom is 0.307 e. The van der Waals surface area contributed by atoms with Gasteiger partial charge in [0.25, 0.3) is 0 Å². The lowest BCUT2D eigenvalue weighted by molar-refractivity contribution is -0.139. The monoisotopic (exact) mass is 264 g/mol. The highest BCUT2D eigenvalue weighted by Gasteiger charge is 2.60. The molecular formula is C14H13FO4. The number of rotatable bonds is 3. The molecule has 2 aliphatic rings. The summed E-state index contributed by atoms with van der Waals surface area (Å²) >= 11 is 0. The minimum Gasteiger partial charge on any atom is -0.492 e. The molecule has 3 rings (SSSR count). The number of hydrogen-bond donors (Lipinski definition) is 1. The fourth-order valence-corrected chi connectivity index (χ4v) is 2.94. The molecule has 1 aliphatic carbocycles. The molecule has 1 heterocycles. The third-order valence-electron chi connectivity index (χ3n) is 3.97. The SMILES string of the molecule is CCC(=O)c1ccc(F)c2c1OC[C@H]1C(C(=O)O)[C@@H]21. The summed E-state index contributed by atoms with van der Waals surface area (Å²) in [6, 6.07) is 2.64. The molecule has 3 atom stereocenters. The Morgan fingerprint density at radius 2 is 2.21 bits per heavy atom. The van der Waals surface area contributed by atoms with Crippen LogP contribution in [0.15, 0.2) is 12.1 Å². The molecule has 100 valence electrons. The maximum absolute atomic E-state index is 13.9. The summed E-state index contributed by atoms with van der Waals surface area (Å²) < 4.78 is 19.4. The van der Waals surface area contributed by atoms with Crippen molar-refractivity contribution in [3.05, 3.63) is 29.1 Å². The number of Topliss-reactive ketones (excluding diaryl/α,β-unsaturated/α-hetero) is 1. The first-order valence-corrected chi connectivity index (χ1v) is 6.27. The van der Waals surface area contributed by atoms with Crippen LogP contribution in [0.5, 0.6) is 5.75 Å². The first-order valence-electron chi connectivity index (χ1n) is 6.27. The summed E-state index contributed by atoms with van der Waals surface area (Å²) in [4.78, 5) is 22.9. The van der Waals surface area contributed by atoms with Crippen molar-refractivity contribution in [3.63, 3.8) is 0 Å². The fraction of sp³-hybridized carbons (Fsp3) is 0.429. The van der Waals surface area contributed by atoms with Crippen molar-refractivity contribution in [2.75, 3.05) is 6.61 Å². The molecular weight excluding hydrogens is 251 g/mol. The van der Waals surface area contributed by atoms with Crippen LogP contribution < -0.4 is 4.74 Å². The van der Waals surface area contributed by atoms with Gasteiger partial charge in [-0.25, -0.2) is 4.39 Å². The van der Waals surface area contributed by atoms with E-state index in [1.54, 1.807) is 6.92 Å². The van der Waals surface area contributed by atoms with Crippen molar-refractivity contribution in [2.24, 2.45) is 11.8 Å². The number of carboxylic acid groups (broad SMARTS) is 1. The maximum atomic E-state index is 13.9. The first kappa shape index (κ1) is 12.1. The Balaban J connectivity index is 2.10. The standard InChI is InChI=1S/C14H13FO4/c1-2-9(16)6-3-4-8(15)12-10-7(5-19-13(6)12)11(10)14(17)18/h3-4,7,10-11H,2,5H2,1H3,(H,17,18)/t7-,10+,11?/m1/s1. The zero-order valence-electron chi connectivity index (χ0n) is 10.4. The Labute approximate surface area is 109 Å². The van der Waals surface area contributed by atoms with E-state index in [9.17, 15) is 14.0 Å². The van der Waals surface area contributed by atoms with Crippen LogP contribution in [0, 0.1) is 17.7 Å². The normalized spacial score (nSPS) is 26.9. The minimum absolute atomic E-state index is 0.123. The summed E-state index contributed by atoms with van der Waals surface area (Å²) in [5.41, 5.74) is 0.622. The third-order valence-corrected chi connectivity index (χ3v) is 3.97. The molecule has 0 spiro atoms. The van der Waals surface area contributed by atoms with Gasteiger partial charge < -0.3 is 9.84 Å². The molecule has 0 radical (unpaired) electrons. The average Bonchev–Trinajstić information content (AvgIpc) is 3.12. The molecule has 5 heteroatoms. The molecule has 1 saturated carbocycles. The van der Waals surface area contributed by atoms with E-state index in [2.05, 4.69) is 0 Å². The molecule has 1 fully saturated rings. The number of halogens is 1. The lowest BCUT2D eigenvalue weighted by Gasteiger charge is -2.19. The van der Waals surface area contributed by atoms with E-state index in [-0.39, 0.29) is 35.5 Å². The van der Waals surface area contributed by atoms with Crippen LogP contribution in [0.4, 0.5) is 4.39 Å². The van der Waals surface area contributed by atoms with Gasteiger partial charge in [0, 0.05) is 23.8 Å². The van der Waals surface area contributed by atoms with E-state index in [4.69, 9.17) is 9.84 Å². The Kier molecular flexibility index (Phi) is 2.59. The van der Waals surface area contributed by atoms with Crippen LogP contribution in [-0.4, -0.2) is 23.5 Å². The van der Waals surface area contributed by atoms with Crippen molar-refractivity contribution in [3.8, 4) is 5.75 Å². The van der Waals surface area contributed by atoms with E-state index in [1.807, 2.05) is 0 Å². The molecule has 19 heavy (non-hydrogen) atoms. The number of carboxylic acids is 1. The summed E-state index contributed by atoms with van der Waals surface area (Å²) in [5.74, 6) is -2.42. The van der Waals surface area contributed by atoms with Gasteiger partial charge in [-0.1, -0.05) is 6.92 Å². The summed E-state index contributed by atoms with van der Waals surface area (Å²) in [6.45, 7) is 1.96. The number of benzene rings is 1. The highest BCUT2D eigenvalue weighted by Crippen LogP contribution is 2.60. The van der Waals surface area contributed by atoms with Crippen LogP contribution in [0.2, 0.25) is 0 Å². The van der Waals surface area contributed by atoms with Gasteiger partial charge in [0.2, 0.25) is 0 Å². The molecule has 1 aromatic rings. The zero-order chi connectivity index (χ0) is 13.7. The van der Waals surface area contributed by atoms with Crippen LogP contribution in [-0.2, 0) is 4.79 Å². The quantitative estimate of drug-likeness (QED) is 0.850. The Hall–Kier alpha value is -1.91. The summed E-state index contributed by atoms with van der Waals surface area (Å²) in [7, 11) is 0. The first-order chi connectivity index (χ1) is 9.06. The van der Waals surface area contributed by atoms with Crippen LogP contribution >= 0.6 is 0 Å². The van der Waals surface area contributed by atoms with Crippen LogP contribution in [0.25, 0.3) is 0 Å². The average molecular weight is 264 g/mol. The van der Waals surface area contributed by atoms with Gasteiger partial charge in [0.05, 0.1) is 18.1 Å². The highest BCUT2D eigenvalue weighted by molar-refractivity contribution is 5.99. The van der Waals surface area contributed by atoms with Crippen molar-refractivity contribution >= 4 is 11.8 Å². The van der Waals surface area contributed by atoms with E-state index < -0.39 is 17.7 Å². The minimum atomic E-state index is -0.932. The van der Waals surface area contributed by atoms with Gasteiger partial charge in [0.1, 0.15) is 11.6 Å². The van der Waals surface area contributed by atoms with Crippen LogP contribution in [0.3, 0.4) is 0 Å². The molecule has 0 saturated heterocycles. The Bertz CT molecular complexity index is 581. The second-order valence-electron chi connectivity index (χ2n) is 4.98. The van der Waals surface area contributed by atoms with Crippen molar-refractivity contribution in [1.82, 2.24) is 0 Å². The molecule has 0 bridgehead atoms. The van der Waals surface area contributed by atoms with Gasteiger partial charge in [0.15, 0.2) is 5.78 Å². The predicted molar refractivity (Wildman–Crippen MR) is 63.9 cm³/mol. The molecule has 1 N–H and O–H groups in total. The van der Waals surface area contributed by atoms with Crippen molar-refractivity contribution in [2.45, 2.75) is 19.3 Å². The van der Waals surface area contributed by atoms with Crippen molar-refractivity contribution in [1.29, 1.82) is 0 Å². The number of carbonyl (C=O) groups is 2. The Morgan fingerprint density at radius 3 is 2.84 bits per heavy atom. The third kappa shape index (κ3) is 1.64. The predicted octanol–water partition coefficient (Wildman–Crippen LogP) is 2.22. The number of carbonyl (C=O) groups excluding carboxylic acids is 1. The molecule has 1 aromatic carbocycles. The zero-order valence-corrected chi connectivity index (χ0v) is 10.4. The van der Waals surface area contributed by atoms with Crippen LogP contribution in [0.1, 0.15) is 35.2 Å². The van der Waals surface area contributed by atoms with Gasteiger partial charge in [-0.3, -0.25) is 9.59 Å². The molecule has 4 nitrogen and oxygen atoms in total. The Morgan fingerprint density at radius 1 is 1.47 bits per heavy atom. The number of ether oxygens (including phenoxy) is 1. The number of hydrogen-bond acceptors (Lipinski definition) is 3. The van der Waals surface area contributed by atoms with E-state index in [0.717, 1.165) is 0 Å². The van der Waals surface area contributed by atoms with E-state index in [0.29, 0.717) is 12.0 Å². The van der Waals surface area contributed by atoms with Gasteiger partial charge in [-0.2, -0.15) is 0 Å². The molecule has 0 aromatic heterocycles. The second kappa shape index (κ2) is 4.05. The summed E-state index contributed by atoms with van der Waals surface area (Å²) in [6.07, 6.45) is 0.303. The lowest BCUT2D eigenvalue weighted by Crippen LogP contribution is -2.14. The number of fused-ring (bicyclic) bond motifs is 3. The lowest BCUT2D eigenvalue weighted by atomic mass is 9.97. The summed E-state index contributed by atoms with van der Waals surface area (Å²) in [5, 5.41) is 9.08. The smallest absolute Gasteiger partial charge is 0.307 e. The van der Waals surface area contributed by atoms with Gasteiger partial charge >= 0.3 is 5.97 Å². The van der Waals surface area contributed by atoms with Crippen molar-refractivity contribution < 1.29 is 23.8 Å². The second-order valence-corrected chi connectivity index (χ2v) is 4.98. The van der Waals surface area contributed by atoms with Gasteiger partial charge in [-0.05, 0) is 12.1 Å². The number of aliphatic carboxylic acids is 1. The number of ketones is 1. The van der Waals surface area contributed by atoms with E-state index in [1.165, 1.54) is 12.1 Å². The molecule has 0 amide bonds. The van der Waals surface area contributed by atoms with E-state index >= 15 is 0 Å². The molecule has 1 aliphatic heterocycles. The highest BCUT2D eigenvalue weighted by atomic mass is 19.1. The largest absolute Gasteiger partial charge is 0.492 e. The van der Waals surface area contributed by atoms with Gasteiger partial charge in [-0.15, -0.1) is 0 Å². The fourth-order valence-electron chi connectivity index (χ4n) is 2.94. The topological polar surface area (TPSA) is 63.6 Å². The molecule has 1 unspecified atom stereocenters.